The minimum absolute atomic E-state index is 0.0597. The second-order valence-corrected chi connectivity index (χ2v) is 6.43. The molecule has 1 N–H and O–H groups in total. The predicted molar refractivity (Wildman–Crippen MR) is 107 cm³/mol. The number of hydrogen-bond acceptors (Lipinski definition) is 6. The van der Waals surface area contributed by atoms with Gasteiger partial charge < -0.3 is 14.6 Å². The fraction of sp³-hybridized carbons (Fsp3) is 0.0909. The van der Waals surface area contributed by atoms with Gasteiger partial charge in [0.2, 0.25) is 5.88 Å². The molecule has 8 heteroatoms. The average Bonchev–Trinajstić information content (AvgIpc) is 3.17. The molecule has 7 nitrogen and oxygen atoms in total. The second-order valence-electron chi connectivity index (χ2n) is 6.43. The first-order valence-electron chi connectivity index (χ1n) is 9.12. The van der Waals surface area contributed by atoms with E-state index in [1.165, 1.54) is 36.8 Å². The monoisotopic (exact) mass is 404 g/mol. The number of halogens is 1. The Labute approximate surface area is 171 Å². The Hall–Kier alpha value is -4.07. The maximum atomic E-state index is 14.2. The number of nitrogens with one attached hydrogen (secondary N) is 1. The van der Waals surface area contributed by atoms with Crippen molar-refractivity contribution in [3.8, 4) is 17.2 Å². The number of amides is 1. The molecule has 2 aromatic heterocycles. The number of ether oxygens (including phenoxy) is 1. The molecule has 2 heterocycles. The summed E-state index contributed by atoms with van der Waals surface area (Å²) in [6.45, 7) is 1.63. The SMILES string of the molecule is Cc1noc(-c2ccccc2)c1C(=O)Nc1ccc(F)c(COc2cnccn2)c1. The van der Waals surface area contributed by atoms with Crippen LogP contribution in [0.15, 0.2) is 71.6 Å². The Morgan fingerprint density at radius 3 is 2.77 bits per heavy atom. The molecule has 0 fully saturated rings. The molecular weight excluding hydrogens is 387 g/mol. The summed E-state index contributed by atoms with van der Waals surface area (Å²) in [5.41, 5.74) is 2.20. The number of benzene rings is 2. The van der Waals surface area contributed by atoms with Gasteiger partial charge >= 0.3 is 0 Å². The number of carbonyl (C=O) groups is 1. The highest BCUT2D eigenvalue weighted by atomic mass is 19.1. The Bertz CT molecular complexity index is 1160. The number of aromatic nitrogens is 3. The summed E-state index contributed by atoms with van der Waals surface area (Å²) in [5, 5.41) is 6.69. The predicted octanol–water partition coefficient (Wildman–Crippen LogP) is 4.41. The first-order valence-corrected chi connectivity index (χ1v) is 9.12. The van der Waals surface area contributed by atoms with E-state index in [2.05, 4.69) is 20.4 Å². The first-order chi connectivity index (χ1) is 14.6. The number of anilines is 1. The van der Waals surface area contributed by atoms with Crippen molar-refractivity contribution in [1.29, 1.82) is 0 Å². The van der Waals surface area contributed by atoms with Gasteiger partial charge in [-0.05, 0) is 25.1 Å². The van der Waals surface area contributed by atoms with Gasteiger partial charge in [-0.15, -0.1) is 0 Å². The quantitative estimate of drug-likeness (QED) is 0.512. The molecule has 0 saturated heterocycles. The van der Waals surface area contributed by atoms with E-state index in [9.17, 15) is 9.18 Å². The molecule has 0 radical (unpaired) electrons. The third-order valence-corrected chi connectivity index (χ3v) is 4.34. The summed E-state index contributed by atoms with van der Waals surface area (Å²) < 4.78 is 25.0. The van der Waals surface area contributed by atoms with E-state index in [1.807, 2.05) is 30.3 Å². The molecule has 150 valence electrons. The zero-order chi connectivity index (χ0) is 20.9. The Morgan fingerprint density at radius 1 is 1.17 bits per heavy atom. The molecule has 1 amide bonds. The van der Waals surface area contributed by atoms with E-state index in [0.717, 1.165) is 5.56 Å². The summed E-state index contributed by atoms with van der Waals surface area (Å²) in [6.07, 6.45) is 4.43. The van der Waals surface area contributed by atoms with Crippen LogP contribution >= 0.6 is 0 Å². The summed E-state index contributed by atoms with van der Waals surface area (Å²) in [5.74, 6) is -0.208. The lowest BCUT2D eigenvalue weighted by atomic mass is 10.1. The Balaban J connectivity index is 1.54. The van der Waals surface area contributed by atoms with E-state index >= 15 is 0 Å². The minimum atomic E-state index is -0.456. The van der Waals surface area contributed by atoms with Gasteiger partial charge in [0.05, 0.1) is 11.9 Å². The number of hydrogen-bond donors (Lipinski definition) is 1. The smallest absolute Gasteiger partial charge is 0.261 e. The molecule has 0 saturated carbocycles. The molecule has 0 aliphatic heterocycles. The number of carbonyl (C=O) groups excluding carboxylic acids is 1. The van der Waals surface area contributed by atoms with Crippen molar-refractivity contribution in [2.45, 2.75) is 13.5 Å². The summed E-state index contributed by atoms with van der Waals surface area (Å²) in [4.78, 5) is 20.8. The molecule has 30 heavy (non-hydrogen) atoms. The summed E-state index contributed by atoms with van der Waals surface area (Å²) in [7, 11) is 0. The van der Waals surface area contributed by atoms with Gasteiger partial charge in [-0.25, -0.2) is 9.37 Å². The van der Waals surface area contributed by atoms with Crippen molar-refractivity contribution in [2.24, 2.45) is 0 Å². The first kappa shape index (κ1) is 19.3. The molecular formula is C22H17FN4O3. The molecule has 0 spiro atoms. The third kappa shape index (κ3) is 4.17. The Morgan fingerprint density at radius 2 is 2.00 bits per heavy atom. The highest BCUT2D eigenvalue weighted by molar-refractivity contribution is 6.08. The van der Waals surface area contributed by atoms with Crippen molar-refractivity contribution < 1.29 is 18.4 Å². The number of rotatable bonds is 6. The average molecular weight is 404 g/mol. The molecule has 0 bridgehead atoms. The lowest BCUT2D eigenvalue weighted by Crippen LogP contribution is -2.14. The number of aryl methyl sites for hydroxylation is 1. The zero-order valence-corrected chi connectivity index (χ0v) is 16.0. The van der Waals surface area contributed by atoms with E-state index < -0.39 is 11.7 Å². The summed E-state index contributed by atoms with van der Waals surface area (Å²) >= 11 is 0. The van der Waals surface area contributed by atoms with Crippen LogP contribution in [0.25, 0.3) is 11.3 Å². The molecule has 0 aliphatic carbocycles. The zero-order valence-electron chi connectivity index (χ0n) is 16.0. The maximum absolute atomic E-state index is 14.2. The molecule has 4 aromatic rings. The largest absolute Gasteiger partial charge is 0.472 e. The van der Waals surface area contributed by atoms with Crippen LogP contribution in [-0.4, -0.2) is 21.0 Å². The van der Waals surface area contributed by atoms with Gasteiger partial charge in [0, 0.05) is 29.2 Å². The highest BCUT2D eigenvalue weighted by Gasteiger charge is 2.22. The van der Waals surface area contributed by atoms with Crippen LogP contribution in [-0.2, 0) is 6.61 Å². The topological polar surface area (TPSA) is 90.1 Å². The standard InChI is InChI=1S/C22H17FN4O3/c1-14-20(21(30-27-14)15-5-3-2-4-6-15)22(28)26-17-7-8-18(23)16(11-17)13-29-19-12-24-9-10-25-19/h2-12H,13H2,1H3,(H,26,28). The fourth-order valence-corrected chi connectivity index (χ4v) is 2.89. The molecule has 0 unspecified atom stereocenters. The molecule has 0 aliphatic rings. The molecule has 2 aromatic carbocycles. The van der Waals surface area contributed by atoms with Crippen LogP contribution in [0.4, 0.5) is 10.1 Å². The van der Waals surface area contributed by atoms with Gasteiger partial charge in [0.1, 0.15) is 18.0 Å². The fourth-order valence-electron chi connectivity index (χ4n) is 2.89. The summed E-state index contributed by atoms with van der Waals surface area (Å²) in [6, 6.07) is 13.5. The van der Waals surface area contributed by atoms with Crippen molar-refractivity contribution in [1.82, 2.24) is 15.1 Å². The molecule has 4 rings (SSSR count). The minimum Gasteiger partial charge on any atom is -0.472 e. The van der Waals surface area contributed by atoms with E-state index in [-0.39, 0.29) is 18.1 Å². The van der Waals surface area contributed by atoms with Crippen LogP contribution in [0.5, 0.6) is 5.88 Å². The van der Waals surface area contributed by atoms with Gasteiger partial charge in [-0.2, -0.15) is 0 Å². The number of nitrogens with zero attached hydrogens (tertiary/aromatic N) is 3. The third-order valence-electron chi connectivity index (χ3n) is 4.34. The molecule has 0 atom stereocenters. The van der Waals surface area contributed by atoms with Crippen LogP contribution < -0.4 is 10.1 Å². The second kappa shape index (κ2) is 8.52. The van der Waals surface area contributed by atoms with Crippen molar-refractivity contribution in [2.75, 3.05) is 5.32 Å². The van der Waals surface area contributed by atoms with Crippen molar-refractivity contribution in [3.63, 3.8) is 0 Å². The lowest BCUT2D eigenvalue weighted by molar-refractivity contribution is 0.102. The van der Waals surface area contributed by atoms with E-state index in [4.69, 9.17) is 9.26 Å². The van der Waals surface area contributed by atoms with Crippen LogP contribution in [0, 0.1) is 12.7 Å². The maximum Gasteiger partial charge on any atom is 0.261 e. The highest BCUT2D eigenvalue weighted by Crippen LogP contribution is 2.27. The van der Waals surface area contributed by atoms with Gasteiger partial charge in [-0.3, -0.25) is 9.78 Å². The van der Waals surface area contributed by atoms with Crippen LogP contribution in [0.2, 0.25) is 0 Å². The van der Waals surface area contributed by atoms with Gasteiger partial charge in [0.25, 0.3) is 5.91 Å². The van der Waals surface area contributed by atoms with Gasteiger partial charge in [-0.1, -0.05) is 35.5 Å². The normalized spacial score (nSPS) is 10.6. The van der Waals surface area contributed by atoms with Crippen molar-refractivity contribution >= 4 is 11.6 Å². The lowest BCUT2D eigenvalue weighted by Gasteiger charge is -2.10. The van der Waals surface area contributed by atoms with Gasteiger partial charge in [0.15, 0.2) is 5.76 Å². The Kier molecular flexibility index (Phi) is 5.47. The van der Waals surface area contributed by atoms with Crippen molar-refractivity contribution in [3.05, 3.63) is 89.8 Å². The van der Waals surface area contributed by atoms with Crippen LogP contribution in [0.1, 0.15) is 21.6 Å². The van der Waals surface area contributed by atoms with E-state index in [1.54, 1.807) is 6.92 Å². The van der Waals surface area contributed by atoms with Crippen LogP contribution in [0.3, 0.4) is 0 Å². The van der Waals surface area contributed by atoms with E-state index in [0.29, 0.717) is 22.7 Å².